The SMILES string of the molecule is C=CC=CN=C(C)C. The Kier molecular flexibility index (Phi) is 3.85. The highest BCUT2D eigenvalue weighted by Gasteiger charge is 1.67. The molecule has 0 spiro atoms. The van der Waals surface area contributed by atoms with E-state index >= 15 is 0 Å². The Balaban J connectivity index is 3.57. The zero-order chi connectivity index (χ0) is 6.41. The van der Waals surface area contributed by atoms with Crippen LogP contribution < -0.4 is 0 Å². The lowest BCUT2D eigenvalue weighted by Crippen LogP contribution is -1.74. The summed E-state index contributed by atoms with van der Waals surface area (Å²) in [4.78, 5) is 3.98. The molecule has 0 N–H and O–H groups in total. The first-order valence-corrected chi connectivity index (χ1v) is 2.56. The predicted octanol–water partition coefficient (Wildman–Crippen LogP) is 2.17. The minimum atomic E-state index is 1.06. The molecule has 0 aromatic rings. The van der Waals surface area contributed by atoms with Crippen molar-refractivity contribution in [1.29, 1.82) is 0 Å². The van der Waals surface area contributed by atoms with Gasteiger partial charge in [0.1, 0.15) is 0 Å². The third-order valence-electron chi connectivity index (χ3n) is 0.555. The van der Waals surface area contributed by atoms with Gasteiger partial charge >= 0.3 is 0 Å². The molecule has 0 heterocycles. The van der Waals surface area contributed by atoms with Gasteiger partial charge in [0, 0.05) is 11.9 Å². The molecule has 0 fully saturated rings. The van der Waals surface area contributed by atoms with E-state index in [0.717, 1.165) is 5.71 Å². The molecule has 0 rings (SSSR count). The van der Waals surface area contributed by atoms with Crippen LogP contribution in [0.1, 0.15) is 13.8 Å². The average molecular weight is 109 g/mol. The van der Waals surface area contributed by atoms with Gasteiger partial charge in [-0.1, -0.05) is 12.7 Å². The maximum Gasteiger partial charge on any atom is 0.0266 e. The van der Waals surface area contributed by atoms with Crippen molar-refractivity contribution in [3.8, 4) is 0 Å². The first-order valence-electron chi connectivity index (χ1n) is 2.56. The summed E-state index contributed by atoms with van der Waals surface area (Å²) in [6.45, 7) is 7.41. The fraction of sp³-hybridized carbons (Fsp3) is 0.286. The van der Waals surface area contributed by atoms with Gasteiger partial charge in [-0.05, 0) is 19.9 Å². The van der Waals surface area contributed by atoms with Crippen LogP contribution in [0.3, 0.4) is 0 Å². The molecule has 0 saturated carbocycles. The van der Waals surface area contributed by atoms with Crippen LogP contribution in [0, 0.1) is 0 Å². The van der Waals surface area contributed by atoms with Crippen molar-refractivity contribution in [3.63, 3.8) is 0 Å². The molecule has 0 aliphatic heterocycles. The molecular formula is C7H11N. The molecule has 1 heteroatoms. The second kappa shape index (κ2) is 4.31. The molecular weight excluding hydrogens is 98.1 g/mol. The van der Waals surface area contributed by atoms with E-state index in [4.69, 9.17) is 0 Å². The fourth-order valence-corrected chi connectivity index (χ4v) is 0.253. The molecule has 0 aromatic heterocycles. The van der Waals surface area contributed by atoms with Crippen molar-refractivity contribution in [3.05, 3.63) is 24.9 Å². The number of nitrogens with zero attached hydrogens (tertiary/aromatic N) is 1. The van der Waals surface area contributed by atoms with Crippen LogP contribution >= 0.6 is 0 Å². The summed E-state index contributed by atoms with van der Waals surface area (Å²) < 4.78 is 0. The van der Waals surface area contributed by atoms with Crippen LogP contribution in [-0.2, 0) is 0 Å². The van der Waals surface area contributed by atoms with E-state index in [2.05, 4.69) is 11.6 Å². The predicted molar refractivity (Wildman–Crippen MR) is 38.1 cm³/mol. The van der Waals surface area contributed by atoms with Gasteiger partial charge in [-0.15, -0.1) is 0 Å². The van der Waals surface area contributed by atoms with Crippen LogP contribution in [-0.4, -0.2) is 5.71 Å². The number of rotatable bonds is 2. The van der Waals surface area contributed by atoms with Gasteiger partial charge in [0.05, 0.1) is 0 Å². The summed E-state index contributed by atoms with van der Waals surface area (Å²) in [6.07, 6.45) is 5.22. The Hall–Kier alpha value is -0.850. The highest BCUT2D eigenvalue weighted by molar-refractivity contribution is 5.79. The summed E-state index contributed by atoms with van der Waals surface area (Å²) in [5.41, 5.74) is 1.06. The topological polar surface area (TPSA) is 12.4 Å². The quantitative estimate of drug-likeness (QED) is 0.380. The molecule has 0 aliphatic rings. The summed E-state index contributed by atoms with van der Waals surface area (Å²) in [6, 6.07) is 0. The van der Waals surface area contributed by atoms with Crippen molar-refractivity contribution in [2.24, 2.45) is 4.99 Å². The molecule has 44 valence electrons. The second-order valence-electron chi connectivity index (χ2n) is 1.65. The first-order chi connectivity index (χ1) is 3.77. The average Bonchev–Trinajstić information content (AvgIpc) is 1.66. The number of aliphatic imine (C=N–C) groups is 1. The van der Waals surface area contributed by atoms with Crippen LogP contribution in [0.4, 0.5) is 0 Å². The van der Waals surface area contributed by atoms with Crippen LogP contribution in [0.2, 0.25) is 0 Å². The summed E-state index contributed by atoms with van der Waals surface area (Å²) >= 11 is 0. The zero-order valence-corrected chi connectivity index (χ0v) is 5.39. The monoisotopic (exact) mass is 109 g/mol. The van der Waals surface area contributed by atoms with E-state index in [1.165, 1.54) is 0 Å². The Morgan fingerprint density at radius 1 is 1.50 bits per heavy atom. The van der Waals surface area contributed by atoms with Crippen molar-refractivity contribution in [2.75, 3.05) is 0 Å². The molecule has 0 aliphatic carbocycles. The second-order valence-corrected chi connectivity index (χ2v) is 1.65. The summed E-state index contributed by atoms with van der Waals surface area (Å²) in [5.74, 6) is 0. The zero-order valence-electron chi connectivity index (χ0n) is 5.39. The van der Waals surface area contributed by atoms with E-state index in [1.54, 1.807) is 18.4 Å². The minimum absolute atomic E-state index is 1.06. The highest BCUT2D eigenvalue weighted by Crippen LogP contribution is 1.77. The van der Waals surface area contributed by atoms with Gasteiger partial charge in [-0.2, -0.15) is 0 Å². The van der Waals surface area contributed by atoms with E-state index in [9.17, 15) is 0 Å². The van der Waals surface area contributed by atoms with Gasteiger partial charge in [0.15, 0.2) is 0 Å². The van der Waals surface area contributed by atoms with Crippen molar-refractivity contribution in [2.45, 2.75) is 13.8 Å². The van der Waals surface area contributed by atoms with Crippen molar-refractivity contribution < 1.29 is 0 Å². The Morgan fingerprint density at radius 2 is 2.12 bits per heavy atom. The molecule has 0 saturated heterocycles. The Bertz CT molecular complexity index is 116. The molecule has 0 bridgehead atoms. The third-order valence-corrected chi connectivity index (χ3v) is 0.555. The lowest BCUT2D eigenvalue weighted by Gasteiger charge is -1.78. The summed E-state index contributed by atoms with van der Waals surface area (Å²) in [5, 5.41) is 0. The molecule has 1 nitrogen and oxygen atoms in total. The Labute approximate surface area is 50.4 Å². The van der Waals surface area contributed by atoms with Gasteiger partial charge in [-0.3, -0.25) is 4.99 Å². The largest absolute Gasteiger partial charge is 0.266 e. The number of allylic oxidation sites excluding steroid dienone is 2. The fourth-order valence-electron chi connectivity index (χ4n) is 0.253. The van der Waals surface area contributed by atoms with Crippen LogP contribution in [0.5, 0.6) is 0 Å². The van der Waals surface area contributed by atoms with Crippen LogP contribution in [0.25, 0.3) is 0 Å². The van der Waals surface area contributed by atoms with E-state index in [0.29, 0.717) is 0 Å². The highest BCUT2D eigenvalue weighted by atomic mass is 14.7. The standard InChI is InChI=1S/C7H11N/c1-4-5-6-8-7(2)3/h4-6H,1H2,2-3H3. The maximum atomic E-state index is 3.98. The number of hydrogen-bond acceptors (Lipinski definition) is 1. The molecule has 0 unspecified atom stereocenters. The van der Waals surface area contributed by atoms with Gasteiger partial charge < -0.3 is 0 Å². The van der Waals surface area contributed by atoms with Gasteiger partial charge in [0.2, 0.25) is 0 Å². The van der Waals surface area contributed by atoms with Crippen molar-refractivity contribution in [1.82, 2.24) is 0 Å². The minimum Gasteiger partial charge on any atom is -0.266 e. The molecule has 0 amide bonds. The smallest absolute Gasteiger partial charge is 0.0266 e. The molecule has 8 heavy (non-hydrogen) atoms. The van der Waals surface area contributed by atoms with E-state index in [-0.39, 0.29) is 0 Å². The van der Waals surface area contributed by atoms with Crippen LogP contribution in [0.15, 0.2) is 29.9 Å². The lowest BCUT2D eigenvalue weighted by atomic mass is 10.5. The van der Waals surface area contributed by atoms with E-state index in [1.807, 2.05) is 13.8 Å². The third kappa shape index (κ3) is 5.15. The molecule has 0 atom stereocenters. The van der Waals surface area contributed by atoms with Crippen molar-refractivity contribution >= 4 is 5.71 Å². The number of hydrogen-bond donors (Lipinski definition) is 0. The first kappa shape index (κ1) is 7.15. The maximum absolute atomic E-state index is 3.98. The van der Waals surface area contributed by atoms with Gasteiger partial charge in [-0.25, -0.2) is 0 Å². The lowest BCUT2D eigenvalue weighted by molar-refractivity contribution is 1.50. The normalized spacial score (nSPS) is 9.25. The molecule has 0 radical (unpaired) electrons. The Morgan fingerprint density at radius 3 is 2.50 bits per heavy atom. The molecule has 0 aromatic carbocycles. The van der Waals surface area contributed by atoms with E-state index < -0.39 is 0 Å². The van der Waals surface area contributed by atoms with Gasteiger partial charge in [0.25, 0.3) is 0 Å². The summed E-state index contributed by atoms with van der Waals surface area (Å²) in [7, 11) is 0.